The normalized spacial score (nSPS) is 16.2. The van der Waals surface area contributed by atoms with Crippen molar-refractivity contribution in [2.24, 2.45) is 7.05 Å². The molecule has 1 saturated heterocycles. The van der Waals surface area contributed by atoms with E-state index in [1.165, 1.54) is 15.9 Å². The van der Waals surface area contributed by atoms with Crippen molar-refractivity contribution >= 4 is 32.7 Å². The third kappa shape index (κ3) is 3.59. The number of hydrogen-bond donors (Lipinski definition) is 1. The molecule has 0 spiro atoms. The zero-order valence-electron chi connectivity index (χ0n) is 16.9. The highest BCUT2D eigenvalue weighted by atomic mass is 32.1. The fraction of sp³-hybridized carbons (Fsp3) is 0.286. The monoisotopic (exact) mass is 435 g/mol. The van der Waals surface area contributed by atoms with E-state index in [-0.39, 0.29) is 17.5 Å². The molecule has 4 heterocycles. The van der Waals surface area contributed by atoms with Gasteiger partial charge in [0.05, 0.1) is 0 Å². The lowest BCUT2D eigenvalue weighted by Gasteiger charge is -2.23. The first-order valence-electron chi connectivity index (χ1n) is 10.1. The van der Waals surface area contributed by atoms with E-state index in [0.717, 1.165) is 24.9 Å². The van der Waals surface area contributed by atoms with Crippen LogP contribution in [0.5, 0.6) is 0 Å². The van der Waals surface area contributed by atoms with Crippen LogP contribution in [0.3, 0.4) is 0 Å². The zero-order chi connectivity index (χ0) is 21.4. The molecule has 31 heavy (non-hydrogen) atoms. The molecule has 1 N–H and O–H groups in total. The number of nitrogens with one attached hydrogen (secondary N) is 1. The van der Waals surface area contributed by atoms with Gasteiger partial charge in [-0.25, -0.2) is 9.67 Å². The molecule has 0 saturated carbocycles. The maximum Gasteiger partial charge on any atom is 0.282 e. The summed E-state index contributed by atoms with van der Waals surface area (Å²) in [5.41, 5.74) is 1.13. The molecule has 5 rings (SSSR count). The summed E-state index contributed by atoms with van der Waals surface area (Å²) < 4.78 is 2.99. The second-order valence-corrected chi connectivity index (χ2v) is 8.39. The van der Waals surface area contributed by atoms with Crippen LogP contribution in [0, 0.1) is 0 Å². The predicted octanol–water partition coefficient (Wildman–Crippen LogP) is 1.86. The predicted molar refractivity (Wildman–Crippen MR) is 118 cm³/mol. The number of fused-ring (bicyclic) bond motifs is 1. The van der Waals surface area contributed by atoms with Gasteiger partial charge in [-0.15, -0.1) is 0 Å². The lowest BCUT2D eigenvalue weighted by Crippen LogP contribution is -2.43. The summed E-state index contributed by atoms with van der Waals surface area (Å²) in [7, 11) is 1.65. The van der Waals surface area contributed by atoms with Gasteiger partial charge in [-0.1, -0.05) is 41.7 Å². The molecule has 3 aromatic heterocycles. The lowest BCUT2D eigenvalue weighted by molar-refractivity contribution is -0.122. The van der Waals surface area contributed by atoms with E-state index in [4.69, 9.17) is 0 Å². The fourth-order valence-corrected chi connectivity index (χ4v) is 4.82. The molecule has 158 valence electrons. The molecular formula is C21H21N7O2S. The average molecular weight is 436 g/mol. The molecule has 1 aliphatic rings. The molecule has 9 nitrogen and oxygen atoms in total. The number of benzene rings is 1. The smallest absolute Gasteiger partial charge is 0.282 e. The van der Waals surface area contributed by atoms with Crippen molar-refractivity contribution in [1.82, 2.24) is 29.6 Å². The third-order valence-electron chi connectivity index (χ3n) is 5.43. The van der Waals surface area contributed by atoms with Crippen molar-refractivity contribution in [3.05, 3.63) is 64.7 Å². The van der Waals surface area contributed by atoms with E-state index in [2.05, 4.69) is 20.4 Å². The van der Waals surface area contributed by atoms with Gasteiger partial charge in [0.25, 0.3) is 5.56 Å². The summed E-state index contributed by atoms with van der Waals surface area (Å²) in [6.07, 6.45) is 5.02. The summed E-state index contributed by atoms with van der Waals surface area (Å²) in [6, 6.07) is 11.3. The first-order valence-corrected chi connectivity index (χ1v) is 10.9. The van der Waals surface area contributed by atoms with Gasteiger partial charge >= 0.3 is 0 Å². The largest absolute Gasteiger partial charge is 0.350 e. The van der Waals surface area contributed by atoms with Crippen LogP contribution < -0.4 is 15.8 Å². The van der Waals surface area contributed by atoms with Crippen LogP contribution in [0.2, 0.25) is 0 Å². The van der Waals surface area contributed by atoms with E-state index in [1.807, 2.05) is 35.2 Å². The van der Waals surface area contributed by atoms with Crippen LogP contribution in [0.1, 0.15) is 18.4 Å². The van der Waals surface area contributed by atoms with Crippen molar-refractivity contribution in [3.8, 4) is 5.95 Å². The molecule has 10 heteroatoms. The van der Waals surface area contributed by atoms with Gasteiger partial charge in [0.15, 0.2) is 15.5 Å². The van der Waals surface area contributed by atoms with Crippen LogP contribution in [0.4, 0.5) is 5.13 Å². The van der Waals surface area contributed by atoms with Crippen LogP contribution in [0.25, 0.3) is 16.3 Å². The molecule has 0 bridgehead atoms. The highest BCUT2D eigenvalue weighted by Gasteiger charge is 2.33. The first-order chi connectivity index (χ1) is 15.1. The van der Waals surface area contributed by atoms with Crippen LogP contribution in [-0.2, 0) is 18.4 Å². The second-order valence-electron chi connectivity index (χ2n) is 7.43. The molecule has 1 aliphatic heterocycles. The standard InChI is InChI=1S/C21H21N7O2S/c1-26-19(30)16-18(25-20(26)28-12-6-10-23-28)31-21(24-16)27-11-5-9-15(27)17(29)22-13-14-7-3-2-4-8-14/h2-4,6-8,10,12,15H,5,9,11,13H2,1H3,(H,22,29)/t15-/m1/s1. The van der Waals surface area contributed by atoms with Crippen molar-refractivity contribution in [2.75, 3.05) is 11.4 Å². The molecular weight excluding hydrogens is 414 g/mol. The molecule has 0 unspecified atom stereocenters. The first kappa shape index (κ1) is 19.4. The Balaban J connectivity index is 1.42. The van der Waals surface area contributed by atoms with E-state index in [1.54, 1.807) is 30.2 Å². The van der Waals surface area contributed by atoms with Gasteiger partial charge < -0.3 is 10.2 Å². The van der Waals surface area contributed by atoms with Crippen molar-refractivity contribution in [2.45, 2.75) is 25.4 Å². The lowest BCUT2D eigenvalue weighted by atomic mass is 10.2. The molecule has 1 aromatic carbocycles. The van der Waals surface area contributed by atoms with Crippen LogP contribution in [-0.4, -0.2) is 42.8 Å². The quantitative estimate of drug-likeness (QED) is 0.514. The molecule has 1 fully saturated rings. The molecule has 1 amide bonds. The van der Waals surface area contributed by atoms with Gasteiger partial charge in [-0.2, -0.15) is 10.1 Å². The van der Waals surface area contributed by atoms with Gasteiger partial charge in [0.1, 0.15) is 6.04 Å². The van der Waals surface area contributed by atoms with Crippen LogP contribution >= 0.6 is 11.3 Å². The molecule has 1 atom stereocenters. The highest BCUT2D eigenvalue weighted by Crippen LogP contribution is 2.32. The minimum absolute atomic E-state index is 0.0290. The summed E-state index contributed by atoms with van der Waals surface area (Å²) >= 11 is 1.33. The number of nitrogens with zero attached hydrogens (tertiary/aromatic N) is 6. The zero-order valence-corrected chi connectivity index (χ0v) is 17.7. The highest BCUT2D eigenvalue weighted by molar-refractivity contribution is 7.21. The third-order valence-corrected chi connectivity index (χ3v) is 6.41. The summed E-state index contributed by atoms with van der Waals surface area (Å²) in [6.45, 7) is 1.20. The Kier molecular flexibility index (Phi) is 4.99. The number of aromatic nitrogens is 5. The molecule has 0 aliphatic carbocycles. The van der Waals surface area contributed by atoms with Crippen LogP contribution in [0.15, 0.2) is 53.6 Å². The number of thiazole rings is 1. The van der Waals surface area contributed by atoms with E-state index in [0.29, 0.717) is 28.0 Å². The number of carbonyl (C=O) groups is 1. The molecule has 4 aromatic rings. The van der Waals surface area contributed by atoms with E-state index in [9.17, 15) is 9.59 Å². The fourth-order valence-electron chi connectivity index (χ4n) is 3.82. The Morgan fingerprint density at radius 3 is 2.84 bits per heavy atom. The number of carbonyl (C=O) groups excluding carboxylic acids is 1. The topological polar surface area (TPSA) is 97.9 Å². The van der Waals surface area contributed by atoms with Gasteiger partial charge in [-0.05, 0) is 24.5 Å². The SMILES string of the molecule is Cn1c(-n2cccn2)nc2sc(N3CCC[C@@H]3C(=O)NCc3ccccc3)nc2c1=O. The second kappa shape index (κ2) is 7.95. The van der Waals surface area contributed by atoms with Crippen molar-refractivity contribution in [1.29, 1.82) is 0 Å². The average Bonchev–Trinajstić information content (AvgIpc) is 3.55. The Bertz CT molecular complexity index is 1280. The summed E-state index contributed by atoms with van der Waals surface area (Å²) in [5.74, 6) is 0.398. The van der Waals surface area contributed by atoms with E-state index >= 15 is 0 Å². The van der Waals surface area contributed by atoms with Gasteiger partial charge in [-0.3, -0.25) is 14.2 Å². The number of hydrogen-bond acceptors (Lipinski definition) is 7. The van der Waals surface area contributed by atoms with E-state index < -0.39 is 0 Å². The van der Waals surface area contributed by atoms with Gasteiger partial charge in [0, 0.05) is 32.5 Å². The number of amides is 1. The maximum absolute atomic E-state index is 12.9. The Labute approximate surface area is 182 Å². The van der Waals surface area contributed by atoms with Crippen molar-refractivity contribution < 1.29 is 4.79 Å². The minimum Gasteiger partial charge on any atom is -0.350 e. The molecule has 0 radical (unpaired) electrons. The Hall–Kier alpha value is -3.53. The Morgan fingerprint density at radius 2 is 2.06 bits per heavy atom. The maximum atomic E-state index is 12.9. The summed E-state index contributed by atoms with van der Waals surface area (Å²) in [4.78, 5) is 37.5. The minimum atomic E-state index is -0.307. The number of anilines is 1. The number of rotatable bonds is 5. The summed E-state index contributed by atoms with van der Waals surface area (Å²) in [5, 5.41) is 7.85. The Morgan fingerprint density at radius 1 is 1.23 bits per heavy atom. The van der Waals surface area contributed by atoms with Gasteiger partial charge in [0.2, 0.25) is 11.9 Å². The van der Waals surface area contributed by atoms with Crippen molar-refractivity contribution in [3.63, 3.8) is 0 Å².